The molecule has 2 aliphatic rings. The molecule has 98 valence electrons. The van der Waals surface area contributed by atoms with E-state index >= 15 is 0 Å². The number of thiazole rings is 1. The topological polar surface area (TPSA) is 42.0 Å². The van der Waals surface area contributed by atoms with Gasteiger partial charge in [0.15, 0.2) is 5.13 Å². The molecule has 1 saturated carbocycles. The van der Waals surface area contributed by atoms with Gasteiger partial charge in [-0.25, -0.2) is 4.98 Å². The van der Waals surface area contributed by atoms with Gasteiger partial charge in [0.05, 0.1) is 14.3 Å². The first-order chi connectivity index (χ1) is 8.42. The van der Waals surface area contributed by atoms with Gasteiger partial charge in [-0.1, -0.05) is 31.9 Å². The summed E-state index contributed by atoms with van der Waals surface area (Å²) in [6.45, 7) is 1.96. The van der Waals surface area contributed by atoms with E-state index in [2.05, 4.69) is 42.2 Å². The van der Waals surface area contributed by atoms with Gasteiger partial charge in [-0.2, -0.15) is 0 Å². The summed E-state index contributed by atoms with van der Waals surface area (Å²) in [5.41, 5.74) is 0.811. The minimum Gasteiger partial charge on any atom is -0.301 e. The van der Waals surface area contributed by atoms with Crippen LogP contribution < -0.4 is 5.32 Å². The molecule has 0 bridgehead atoms. The Morgan fingerprint density at radius 1 is 1.39 bits per heavy atom. The van der Waals surface area contributed by atoms with Crippen LogP contribution in [0.2, 0.25) is 0 Å². The predicted molar refractivity (Wildman–Crippen MR) is 80.7 cm³/mol. The third-order valence-corrected chi connectivity index (χ3v) is 7.21. The summed E-state index contributed by atoms with van der Waals surface area (Å²) in [6, 6.07) is 0. The van der Waals surface area contributed by atoms with E-state index in [-0.39, 0.29) is 14.6 Å². The number of carbonyl (C=O) groups excluding carboxylic acids is 1. The van der Waals surface area contributed by atoms with Gasteiger partial charge in [0.2, 0.25) is 5.91 Å². The van der Waals surface area contributed by atoms with Crippen molar-refractivity contribution in [2.45, 2.75) is 42.3 Å². The maximum atomic E-state index is 12.2. The molecule has 1 aromatic heterocycles. The molecule has 2 aliphatic carbocycles. The number of nitrogens with one attached hydrogen (secondary N) is 1. The number of carbonyl (C=O) groups is 1. The zero-order valence-electron chi connectivity index (χ0n) is 10.1. The van der Waals surface area contributed by atoms with Gasteiger partial charge >= 0.3 is 0 Å². The Bertz CT molecular complexity index is 491. The van der Waals surface area contributed by atoms with Crippen LogP contribution in [-0.2, 0) is 17.6 Å². The molecule has 1 heterocycles. The predicted octanol–water partition coefficient (Wildman–Crippen LogP) is 3.86. The first kappa shape index (κ1) is 13.1. The minimum atomic E-state index is -0.376. The van der Waals surface area contributed by atoms with Crippen LogP contribution in [0.25, 0.3) is 0 Å². The number of aromatic nitrogens is 1. The Kier molecular flexibility index (Phi) is 3.11. The number of alkyl halides is 2. The van der Waals surface area contributed by atoms with E-state index in [1.807, 2.05) is 6.92 Å². The quantitative estimate of drug-likeness (QED) is 0.775. The van der Waals surface area contributed by atoms with E-state index in [0.717, 1.165) is 24.4 Å². The molecule has 0 aliphatic heterocycles. The lowest BCUT2D eigenvalue weighted by Crippen LogP contribution is -2.25. The highest BCUT2D eigenvalue weighted by molar-refractivity contribution is 9.25. The molecule has 0 radical (unpaired) electrons. The van der Waals surface area contributed by atoms with E-state index < -0.39 is 0 Å². The molecule has 18 heavy (non-hydrogen) atoms. The van der Waals surface area contributed by atoms with Crippen LogP contribution in [0.1, 0.15) is 36.8 Å². The molecule has 0 spiro atoms. The Morgan fingerprint density at radius 3 is 2.67 bits per heavy atom. The van der Waals surface area contributed by atoms with Crippen LogP contribution in [0.4, 0.5) is 5.13 Å². The Balaban J connectivity index is 1.74. The van der Waals surface area contributed by atoms with Gasteiger partial charge in [0.25, 0.3) is 0 Å². The van der Waals surface area contributed by atoms with Crippen molar-refractivity contribution < 1.29 is 4.79 Å². The fraction of sp³-hybridized carbons (Fsp3) is 0.667. The lowest BCUT2D eigenvalue weighted by molar-refractivity contribution is -0.120. The molecule has 1 amide bonds. The lowest BCUT2D eigenvalue weighted by Gasteiger charge is -2.10. The molecule has 1 atom stereocenters. The van der Waals surface area contributed by atoms with Crippen molar-refractivity contribution in [2.75, 3.05) is 5.32 Å². The van der Waals surface area contributed by atoms with Gasteiger partial charge in [-0.15, -0.1) is 11.3 Å². The fourth-order valence-corrected chi connectivity index (χ4v) is 4.81. The molecule has 0 unspecified atom stereocenters. The molecule has 0 aromatic carbocycles. The second kappa shape index (κ2) is 4.28. The zero-order valence-corrected chi connectivity index (χ0v) is 14.0. The van der Waals surface area contributed by atoms with Crippen LogP contribution >= 0.6 is 43.2 Å². The van der Waals surface area contributed by atoms with Crippen molar-refractivity contribution in [1.82, 2.24) is 4.98 Å². The van der Waals surface area contributed by atoms with Crippen LogP contribution in [0, 0.1) is 5.41 Å². The largest absolute Gasteiger partial charge is 0.301 e. The van der Waals surface area contributed by atoms with Crippen molar-refractivity contribution in [2.24, 2.45) is 5.41 Å². The van der Waals surface area contributed by atoms with Gasteiger partial charge < -0.3 is 5.32 Å². The van der Waals surface area contributed by atoms with Gasteiger partial charge in [-0.05, 0) is 39.0 Å². The number of amides is 1. The van der Waals surface area contributed by atoms with Gasteiger partial charge in [0.1, 0.15) is 0 Å². The van der Waals surface area contributed by atoms with Crippen molar-refractivity contribution in [1.29, 1.82) is 0 Å². The Morgan fingerprint density at radius 2 is 2.06 bits per heavy atom. The van der Waals surface area contributed by atoms with Crippen LogP contribution in [0.3, 0.4) is 0 Å². The van der Waals surface area contributed by atoms with Gasteiger partial charge in [-0.3, -0.25) is 4.79 Å². The second-order valence-corrected chi connectivity index (χ2v) is 10.1. The second-order valence-electron chi connectivity index (χ2n) is 5.26. The van der Waals surface area contributed by atoms with E-state index in [1.165, 1.54) is 23.4 Å². The summed E-state index contributed by atoms with van der Waals surface area (Å²) < 4.78 is -0.242. The average molecular weight is 394 g/mol. The van der Waals surface area contributed by atoms with Crippen molar-refractivity contribution >= 4 is 54.2 Å². The van der Waals surface area contributed by atoms with Crippen LogP contribution in [-0.4, -0.2) is 14.1 Å². The standard InChI is InChI=1S/C12H14Br2N2OS/c1-11(6-12(11,13)14)9(17)16-10-15-7-4-2-3-5-8(7)18-10/h2-6H2,1H3,(H,15,16,17)/t11-/m0/s1. The summed E-state index contributed by atoms with van der Waals surface area (Å²) in [4.78, 5) is 18.1. The third kappa shape index (κ3) is 2.06. The molecule has 1 aromatic rings. The average Bonchev–Trinajstić information content (AvgIpc) is 2.69. The summed E-state index contributed by atoms with van der Waals surface area (Å²) in [5, 5.41) is 3.73. The summed E-state index contributed by atoms with van der Waals surface area (Å²) in [5.74, 6) is 0.0438. The molecule has 6 heteroatoms. The normalized spacial score (nSPS) is 28.6. The lowest BCUT2D eigenvalue weighted by atomic mass is 10.0. The monoisotopic (exact) mass is 392 g/mol. The van der Waals surface area contributed by atoms with E-state index in [0.29, 0.717) is 0 Å². The molecule has 1 N–H and O–H groups in total. The highest BCUT2D eigenvalue weighted by Gasteiger charge is 2.66. The Labute approximate surface area is 127 Å². The summed E-state index contributed by atoms with van der Waals surface area (Å²) in [7, 11) is 0. The first-order valence-electron chi connectivity index (χ1n) is 6.10. The van der Waals surface area contributed by atoms with E-state index in [1.54, 1.807) is 11.3 Å². The number of anilines is 1. The first-order valence-corrected chi connectivity index (χ1v) is 8.50. The smallest absolute Gasteiger partial charge is 0.234 e. The number of rotatable bonds is 2. The molecule has 0 saturated heterocycles. The highest BCUT2D eigenvalue weighted by Crippen LogP contribution is 2.66. The SMILES string of the molecule is C[C@@]1(C(=O)Nc2nc3c(s2)CCCC3)CC1(Br)Br. The third-order valence-electron chi connectivity index (χ3n) is 3.83. The molecule has 3 nitrogen and oxygen atoms in total. The number of nitrogens with zero attached hydrogens (tertiary/aromatic N) is 1. The molecular formula is C12H14Br2N2OS. The number of hydrogen-bond donors (Lipinski definition) is 1. The van der Waals surface area contributed by atoms with Gasteiger partial charge in [0, 0.05) is 4.88 Å². The van der Waals surface area contributed by atoms with Crippen molar-refractivity contribution in [3.8, 4) is 0 Å². The number of fused-ring (bicyclic) bond motifs is 1. The van der Waals surface area contributed by atoms with Crippen LogP contribution in [0.5, 0.6) is 0 Å². The van der Waals surface area contributed by atoms with Crippen molar-refractivity contribution in [3.63, 3.8) is 0 Å². The van der Waals surface area contributed by atoms with Crippen molar-refractivity contribution in [3.05, 3.63) is 10.6 Å². The number of halogens is 2. The van der Waals surface area contributed by atoms with E-state index in [9.17, 15) is 4.79 Å². The molecule has 1 fully saturated rings. The van der Waals surface area contributed by atoms with Crippen LogP contribution in [0.15, 0.2) is 0 Å². The maximum absolute atomic E-state index is 12.2. The summed E-state index contributed by atoms with van der Waals surface area (Å²) in [6.07, 6.45) is 5.43. The zero-order chi connectivity index (χ0) is 13.0. The van der Waals surface area contributed by atoms with E-state index in [4.69, 9.17) is 0 Å². The minimum absolute atomic E-state index is 0.0438. The number of hydrogen-bond acceptors (Lipinski definition) is 3. The Hall–Kier alpha value is 0.0600. The summed E-state index contributed by atoms with van der Waals surface area (Å²) >= 11 is 8.67. The number of aryl methyl sites for hydroxylation is 2. The molecular weight excluding hydrogens is 380 g/mol. The fourth-order valence-electron chi connectivity index (χ4n) is 2.29. The highest BCUT2D eigenvalue weighted by atomic mass is 79.9. The molecule has 3 rings (SSSR count). The maximum Gasteiger partial charge on any atom is 0.234 e.